The molecule has 1 aliphatic carbocycles. The topological polar surface area (TPSA) is 29.9 Å². The van der Waals surface area contributed by atoms with Crippen molar-refractivity contribution in [1.29, 1.82) is 0 Å². The van der Waals surface area contributed by atoms with Crippen molar-refractivity contribution in [3.63, 3.8) is 0 Å². The standard InChI is InChI=1S/C13H23N3/c1-4-8-14-12(13(3)6-7-13)11-9-15-16(5-2)10-11/h9-10,12,14H,4-8H2,1-3H3. The monoisotopic (exact) mass is 221 g/mol. The highest BCUT2D eigenvalue weighted by Crippen LogP contribution is 2.54. The maximum absolute atomic E-state index is 4.38. The number of nitrogens with one attached hydrogen (secondary N) is 1. The van der Waals surface area contributed by atoms with Crippen molar-refractivity contribution >= 4 is 0 Å². The fourth-order valence-electron chi connectivity index (χ4n) is 2.24. The molecule has 1 aromatic heterocycles. The molecule has 1 aromatic rings. The molecule has 0 saturated heterocycles. The van der Waals surface area contributed by atoms with Gasteiger partial charge in [0.25, 0.3) is 0 Å². The molecule has 1 atom stereocenters. The van der Waals surface area contributed by atoms with Gasteiger partial charge in [-0.1, -0.05) is 13.8 Å². The molecule has 1 unspecified atom stereocenters. The van der Waals surface area contributed by atoms with E-state index < -0.39 is 0 Å². The van der Waals surface area contributed by atoms with Crippen LogP contribution in [0.4, 0.5) is 0 Å². The first-order valence-corrected chi connectivity index (χ1v) is 6.45. The van der Waals surface area contributed by atoms with Crippen molar-refractivity contribution < 1.29 is 0 Å². The molecule has 90 valence electrons. The molecule has 0 amide bonds. The van der Waals surface area contributed by atoms with Crippen LogP contribution in [-0.2, 0) is 6.54 Å². The third-order valence-corrected chi connectivity index (χ3v) is 3.64. The lowest BCUT2D eigenvalue weighted by atomic mass is 9.94. The molecule has 16 heavy (non-hydrogen) atoms. The summed E-state index contributed by atoms with van der Waals surface area (Å²) in [5.74, 6) is 0. The molecule has 0 spiro atoms. The molecule has 0 aromatic carbocycles. The summed E-state index contributed by atoms with van der Waals surface area (Å²) in [7, 11) is 0. The van der Waals surface area contributed by atoms with Crippen molar-refractivity contribution in [1.82, 2.24) is 15.1 Å². The highest BCUT2D eigenvalue weighted by molar-refractivity contribution is 5.18. The Labute approximate surface area is 98.2 Å². The summed E-state index contributed by atoms with van der Waals surface area (Å²) >= 11 is 0. The van der Waals surface area contributed by atoms with Gasteiger partial charge in [0, 0.05) is 24.3 Å². The summed E-state index contributed by atoms with van der Waals surface area (Å²) in [6.45, 7) is 8.78. The van der Waals surface area contributed by atoms with Gasteiger partial charge in [-0.3, -0.25) is 4.68 Å². The zero-order valence-electron chi connectivity index (χ0n) is 10.7. The summed E-state index contributed by atoms with van der Waals surface area (Å²) < 4.78 is 2.02. The van der Waals surface area contributed by atoms with Crippen LogP contribution >= 0.6 is 0 Å². The Kier molecular flexibility index (Phi) is 3.33. The molecule has 1 saturated carbocycles. The van der Waals surface area contributed by atoms with E-state index in [1.807, 2.05) is 10.9 Å². The van der Waals surface area contributed by atoms with Crippen LogP contribution in [0.5, 0.6) is 0 Å². The molecular weight excluding hydrogens is 198 g/mol. The summed E-state index contributed by atoms with van der Waals surface area (Å²) in [6, 6.07) is 0.493. The molecular formula is C13H23N3. The van der Waals surface area contributed by atoms with Gasteiger partial charge >= 0.3 is 0 Å². The van der Waals surface area contributed by atoms with Crippen LogP contribution in [0, 0.1) is 5.41 Å². The lowest BCUT2D eigenvalue weighted by Gasteiger charge is -2.23. The van der Waals surface area contributed by atoms with Crippen molar-refractivity contribution in [2.24, 2.45) is 5.41 Å². The quantitative estimate of drug-likeness (QED) is 0.800. The molecule has 3 heteroatoms. The van der Waals surface area contributed by atoms with Crippen LogP contribution in [0.1, 0.15) is 51.6 Å². The fraction of sp³-hybridized carbons (Fsp3) is 0.769. The van der Waals surface area contributed by atoms with E-state index >= 15 is 0 Å². The highest BCUT2D eigenvalue weighted by Gasteiger charge is 2.45. The van der Waals surface area contributed by atoms with Gasteiger partial charge in [0.1, 0.15) is 0 Å². The molecule has 1 fully saturated rings. The van der Waals surface area contributed by atoms with Gasteiger partial charge in [0.2, 0.25) is 0 Å². The van der Waals surface area contributed by atoms with Gasteiger partial charge in [-0.15, -0.1) is 0 Å². The van der Waals surface area contributed by atoms with Crippen LogP contribution in [0.2, 0.25) is 0 Å². The van der Waals surface area contributed by atoms with E-state index in [2.05, 4.69) is 37.4 Å². The molecule has 0 aliphatic heterocycles. The average Bonchev–Trinajstić information content (AvgIpc) is 2.85. The average molecular weight is 221 g/mol. The van der Waals surface area contributed by atoms with Crippen molar-refractivity contribution in [3.05, 3.63) is 18.0 Å². The van der Waals surface area contributed by atoms with Crippen molar-refractivity contribution in [3.8, 4) is 0 Å². The molecule has 0 bridgehead atoms. The van der Waals surface area contributed by atoms with Crippen molar-refractivity contribution in [2.45, 2.75) is 52.6 Å². The number of nitrogens with zero attached hydrogens (tertiary/aromatic N) is 2. The number of aromatic nitrogens is 2. The summed E-state index contributed by atoms with van der Waals surface area (Å²) in [4.78, 5) is 0. The summed E-state index contributed by atoms with van der Waals surface area (Å²) in [5, 5.41) is 8.05. The Bertz CT molecular complexity index is 339. The zero-order valence-corrected chi connectivity index (χ0v) is 10.7. The third kappa shape index (κ3) is 2.29. The maximum Gasteiger partial charge on any atom is 0.0537 e. The van der Waals surface area contributed by atoms with E-state index in [0.717, 1.165) is 13.1 Å². The second-order valence-corrected chi connectivity index (χ2v) is 5.17. The third-order valence-electron chi connectivity index (χ3n) is 3.64. The van der Waals surface area contributed by atoms with Crippen LogP contribution in [0.25, 0.3) is 0 Å². The highest BCUT2D eigenvalue weighted by atomic mass is 15.3. The van der Waals surface area contributed by atoms with E-state index in [1.54, 1.807) is 0 Å². The summed E-state index contributed by atoms with van der Waals surface area (Å²) in [6.07, 6.45) is 8.09. The predicted octanol–water partition coefficient (Wildman–Crippen LogP) is 2.74. The zero-order chi connectivity index (χ0) is 11.6. The second kappa shape index (κ2) is 4.58. The van der Waals surface area contributed by atoms with E-state index in [9.17, 15) is 0 Å². The first-order valence-electron chi connectivity index (χ1n) is 6.45. The number of hydrogen-bond acceptors (Lipinski definition) is 2. The largest absolute Gasteiger partial charge is 0.309 e. The van der Waals surface area contributed by atoms with E-state index in [1.165, 1.54) is 24.8 Å². The van der Waals surface area contributed by atoms with Crippen molar-refractivity contribution in [2.75, 3.05) is 6.54 Å². The van der Waals surface area contributed by atoms with Gasteiger partial charge < -0.3 is 5.32 Å². The Morgan fingerprint density at radius 1 is 1.50 bits per heavy atom. The van der Waals surface area contributed by atoms with Gasteiger partial charge in [-0.2, -0.15) is 5.10 Å². The molecule has 1 aliphatic rings. The first kappa shape index (κ1) is 11.6. The molecule has 1 N–H and O–H groups in total. The Hall–Kier alpha value is -0.830. The fourth-order valence-corrected chi connectivity index (χ4v) is 2.24. The lowest BCUT2D eigenvalue weighted by molar-refractivity contribution is 0.366. The van der Waals surface area contributed by atoms with E-state index in [0.29, 0.717) is 11.5 Å². The van der Waals surface area contributed by atoms with Crippen LogP contribution < -0.4 is 5.32 Å². The first-order chi connectivity index (χ1) is 7.69. The maximum atomic E-state index is 4.38. The number of rotatable bonds is 6. The van der Waals surface area contributed by atoms with Gasteiger partial charge in [0.05, 0.1) is 6.20 Å². The smallest absolute Gasteiger partial charge is 0.0537 e. The minimum absolute atomic E-state index is 0.469. The van der Waals surface area contributed by atoms with Gasteiger partial charge in [-0.25, -0.2) is 0 Å². The molecule has 1 heterocycles. The van der Waals surface area contributed by atoms with Crippen LogP contribution in [0.3, 0.4) is 0 Å². The lowest BCUT2D eigenvalue weighted by Crippen LogP contribution is -2.28. The minimum atomic E-state index is 0.469. The van der Waals surface area contributed by atoms with Crippen LogP contribution in [0.15, 0.2) is 12.4 Å². The second-order valence-electron chi connectivity index (χ2n) is 5.17. The Morgan fingerprint density at radius 2 is 2.25 bits per heavy atom. The minimum Gasteiger partial charge on any atom is -0.309 e. The Balaban J connectivity index is 2.11. The van der Waals surface area contributed by atoms with E-state index in [4.69, 9.17) is 0 Å². The molecule has 0 radical (unpaired) electrons. The summed E-state index contributed by atoms with van der Waals surface area (Å²) in [5.41, 5.74) is 1.83. The number of hydrogen-bond donors (Lipinski definition) is 1. The van der Waals surface area contributed by atoms with Gasteiger partial charge in [-0.05, 0) is 38.1 Å². The van der Waals surface area contributed by atoms with Crippen LogP contribution in [-0.4, -0.2) is 16.3 Å². The predicted molar refractivity (Wildman–Crippen MR) is 66.3 cm³/mol. The normalized spacial score (nSPS) is 19.7. The number of aryl methyl sites for hydroxylation is 1. The van der Waals surface area contributed by atoms with E-state index in [-0.39, 0.29) is 0 Å². The molecule has 3 nitrogen and oxygen atoms in total. The SMILES string of the molecule is CCCNC(c1cnn(CC)c1)C1(C)CC1. The Morgan fingerprint density at radius 3 is 2.75 bits per heavy atom. The van der Waals surface area contributed by atoms with Gasteiger partial charge in [0.15, 0.2) is 0 Å². The molecule has 2 rings (SSSR count).